The maximum Gasteiger partial charge on any atom is 0.244 e. The summed E-state index contributed by atoms with van der Waals surface area (Å²) >= 11 is 3.08. The predicted molar refractivity (Wildman–Crippen MR) is 77.9 cm³/mol. The lowest BCUT2D eigenvalue weighted by Crippen LogP contribution is -2.41. The Kier molecular flexibility index (Phi) is 5.84. The number of amides is 1. The third-order valence-corrected chi connectivity index (χ3v) is 3.93. The number of nitrogens with zero attached hydrogens (tertiary/aromatic N) is 1. The molecule has 6 heteroatoms. The number of hydrogen-bond acceptors (Lipinski definition) is 5. The van der Waals surface area contributed by atoms with E-state index in [2.05, 4.69) is 10.3 Å². The number of aliphatic hydroxyl groups is 1. The van der Waals surface area contributed by atoms with Gasteiger partial charge in [-0.15, -0.1) is 11.3 Å². The van der Waals surface area contributed by atoms with Gasteiger partial charge in [-0.3, -0.25) is 4.79 Å². The molecule has 1 unspecified atom stereocenters. The number of rotatable bonds is 6. The largest absolute Gasteiger partial charge is 0.387 e. The summed E-state index contributed by atoms with van der Waals surface area (Å²) in [4.78, 5) is 16.6. The highest BCUT2D eigenvalue weighted by atomic mass is 32.2. The van der Waals surface area contributed by atoms with Gasteiger partial charge in [-0.05, 0) is 26.2 Å². The van der Waals surface area contributed by atoms with Crippen molar-refractivity contribution < 1.29 is 9.90 Å². The van der Waals surface area contributed by atoms with Gasteiger partial charge < -0.3 is 10.4 Å². The van der Waals surface area contributed by atoms with E-state index in [0.29, 0.717) is 5.75 Å². The van der Waals surface area contributed by atoms with Crippen LogP contribution in [0.1, 0.15) is 16.8 Å². The number of aryl methyl sites for hydroxylation is 1. The normalized spacial score (nSPS) is 14.7. The zero-order chi connectivity index (χ0) is 13.6. The van der Waals surface area contributed by atoms with Crippen LogP contribution in [-0.2, 0) is 4.79 Å². The highest BCUT2D eigenvalue weighted by Gasteiger charge is 2.19. The van der Waals surface area contributed by atoms with Gasteiger partial charge in [0.1, 0.15) is 0 Å². The van der Waals surface area contributed by atoms with Gasteiger partial charge in [0, 0.05) is 29.4 Å². The number of carbonyl (C=O) groups is 1. The van der Waals surface area contributed by atoms with Crippen LogP contribution in [0.4, 0.5) is 0 Å². The van der Waals surface area contributed by atoms with Crippen molar-refractivity contribution in [3.8, 4) is 0 Å². The van der Waals surface area contributed by atoms with E-state index >= 15 is 0 Å². The van der Waals surface area contributed by atoms with E-state index in [0.717, 1.165) is 9.88 Å². The Labute approximate surface area is 116 Å². The Hall–Kier alpha value is -0.850. The first kappa shape index (κ1) is 15.2. The van der Waals surface area contributed by atoms with E-state index in [1.165, 1.54) is 17.4 Å². The summed E-state index contributed by atoms with van der Waals surface area (Å²) in [5.74, 6) is 0.382. The Morgan fingerprint density at radius 1 is 1.72 bits per heavy atom. The molecular weight excluding hydrogens is 268 g/mol. The van der Waals surface area contributed by atoms with Crippen molar-refractivity contribution in [3.63, 3.8) is 0 Å². The Bertz CT molecular complexity index is 427. The van der Waals surface area contributed by atoms with E-state index < -0.39 is 5.60 Å². The number of thioether (sulfide) groups is 1. The molecule has 0 aliphatic rings. The lowest BCUT2D eigenvalue weighted by Gasteiger charge is -2.21. The van der Waals surface area contributed by atoms with Crippen LogP contribution in [-0.4, -0.2) is 40.2 Å². The number of nitrogens with one attached hydrogen (secondary N) is 1. The third kappa shape index (κ3) is 5.66. The second-order valence-electron chi connectivity index (χ2n) is 4.26. The summed E-state index contributed by atoms with van der Waals surface area (Å²) in [6.07, 6.45) is 6.83. The molecule has 0 fully saturated rings. The van der Waals surface area contributed by atoms with Crippen LogP contribution in [0.25, 0.3) is 6.08 Å². The summed E-state index contributed by atoms with van der Waals surface area (Å²) in [6.45, 7) is 3.88. The van der Waals surface area contributed by atoms with Gasteiger partial charge in [-0.1, -0.05) is 0 Å². The summed E-state index contributed by atoms with van der Waals surface area (Å²) in [7, 11) is 0. The smallest absolute Gasteiger partial charge is 0.244 e. The molecule has 1 amide bonds. The first-order chi connectivity index (χ1) is 8.43. The molecule has 100 valence electrons. The fourth-order valence-electron chi connectivity index (χ4n) is 1.31. The first-order valence-corrected chi connectivity index (χ1v) is 7.74. The van der Waals surface area contributed by atoms with E-state index in [4.69, 9.17) is 0 Å². The molecule has 0 saturated carbocycles. The summed E-state index contributed by atoms with van der Waals surface area (Å²) in [5, 5.41) is 13.5. The lowest BCUT2D eigenvalue weighted by molar-refractivity contribution is -0.117. The van der Waals surface area contributed by atoms with Gasteiger partial charge in [-0.25, -0.2) is 4.98 Å². The fourth-order valence-corrected chi connectivity index (χ4v) is 2.72. The molecular formula is C12H18N2O2S2. The van der Waals surface area contributed by atoms with Crippen LogP contribution in [0.3, 0.4) is 0 Å². The number of aromatic nitrogens is 1. The molecule has 4 nitrogen and oxygen atoms in total. The topological polar surface area (TPSA) is 62.2 Å². The minimum atomic E-state index is -0.871. The standard InChI is InChI=1S/C12H18N2O2S2/c1-9-13-6-10(18-9)4-5-11(15)14-7-12(2,16)8-17-3/h4-6,16H,7-8H2,1-3H3,(H,14,15). The van der Waals surface area contributed by atoms with E-state index in [9.17, 15) is 9.90 Å². The monoisotopic (exact) mass is 286 g/mol. The second-order valence-corrected chi connectivity index (χ2v) is 6.40. The van der Waals surface area contributed by atoms with Crippen LogP contribution in [0.2, 0.25) is 0 Å². The van der Waals surface area contributed by atoms with Gasteiger partial charge in [0.05, 0.1) is 10.6 Å². The minimum absolute atomic E-state index is 0.206. The lowest BCUT2D eigenvalue weighted by atomic mass is 10.1. The quantitative estimate of drug-likeness (QED) is 0.781. The molecule has 0 spiro atoms. The molecule has 1 aromatic heterocycles. The van der Waals surface area contributed by atoms with Crippen LogP contribution >= 0.6 is 23.1 Å². The van der Waals surface area contributed by atoms with Gasteiger partial charge in [0.15, 0.2) is 0 Å². The van der Waals surface area contributed by atoms with Crippen LogP contribution in [0.5, 0.6) is 0 Å². The molecule has 0 aliphatic heterocycles. The van der Waals surface area contributed by atoms with Crippen molar-refractivity contribution in [1.82, 2.24) is 10.3 Å². The molecule has 1 rings (SSSR count). The average molecular weight is 286 g/mol. The van der Waals surface area contributed by atoms with Gasteiger partial charge >= 0.3 is 0 Å². The van der Waals surface area contributed by atoms with Crippen LogP contribution < -0.4 is 5.32 Å². The van der Waals surface area contributed by atoms with Crippen molar-refractivity contribution >= 4 is 35.1 Å². The number of carbonyl (C=O) groups excluding carboxylic acids is 1. The molecule has 0 radical (unpaired) electrons. The molecule has 0 aliphatic carbocycles. The molecule has 0 aromatic carbocycles. The molecule has 2 N–H and O–H groups in total. The highest BCUT2D eigenvalue weighted by molar-refractivity contribution is 7.98. The Morgan fingerprint density at radius 3 is 3.00 bits per heavy atom. The second kappa shape index (κ2) is 6.92. The van der Waals surface area contributed by atoms with Gasteiger partial charge in [0.25, 0.3) is 0 Å². The maximum absolute atomic E-state index is 11.5. The zero-order valence-corrected chi connectivity index (χ0v) is 12.4. The van der Waals surface area contributed by atoms with E-state index in [1.807, 2.05) is 13.2 Å². The van der Waals surface area contributed by atoms with E-state index in [-0.39, 0.29) is 12.5 Å². The van der Waals surface area contributed by atoms with Crippen LogP contribution in [0, 0.1) is 6.92 Å². The van der Waals surface area contributed by atoms with Crippen molar-refractivity contribution in [2.75, 3.05) is 18.6 Å². The fraction of sp³-hybridized carbons (Fsp3) is 0.500. The Morgan fingerprint density at radius 2 is 2.44 bits per heavy atom. The van der Waals surface area contributed by atoms with Crippen molar-refractivity contribution in [1.29, 1.82) is 0 Å². The zero-order valence-electron chi connectivity index (χ0n) is 10.8. The number of thiazole rings is 1. The van der Waals surface area contributed by atoms with Crippen molar-refractivity contribution in [3.05, 3.63) is 22.2 Å². The SMILES string of the molecule is CSCC(C)(O)CNC(=O)C=Cc1cnc(C)s1. The van der Waals surface area contributed by atoms with Gasteiger partial charge in [0.2, 0.25) is 5.91 Å². The highest BCUT2D eigenvalue weighted by Crippen LogP contribution is 2.13. The van der Waals surface area contributed by atoms with Crippen molar-refractivity contribution in [2.45, 2.75) is 19.4 Å². The summed E-state index contributed by atoms with van der Waals surface area (Å²) in [5.41, 5.74) is -0.871. The summed E-state index contributed by atoms with van der Waals surface area (Å²) in [6, 6.07) is 0. The third-order valence-electron chi connectivity index (χ3n) is 2.14. The molecule has 18 heavy (non-hydrogen) atoms. The van der Waals surface area contributed by atoms with Gasteiger partial charge in [-0.2, -0.15) is 11.8 Å². The average Bonchev–Trinajstić information content (AvgIpc) is 2.70. The molecule has 1 aromatic rings. The molecule has 0 bridgehead atoms. The predicted octanol–water partition coefficient (Wildman–Crippen LogP) is 1.69. The van der Waals surface area contributed by atoms with E-state index in [1.54, 1.807) is 31.0 Å². The minimum Gasteiger partial charge on any atom is -0.387 e. The molecule has 0 saturated heterocycles. The van der Waals surface area contributed by atoms with Crippen molar-refractivity contribution in [2.24, 2.45) is 0 Å². The first-order valence-electron chi connectivity index (χ1n) is 5.52. The molecule has 1 atom stereocenters. The molecule has 1 heterocycles. The van der Waals surface area contributed by atoms with Crippen LogP contribution in [0.15, 0.2) is 12.3 Å². The number of hydrogen-bond donors (Lipinski definition) is 2. The maximum atomic E-state index is 11.5. The Balaban J connectivity index is 2.40. The summed E-state index contributed by atoms with van der Waals surface area (Å²) < 4.78 is 0.